The number of rotatable bonds is 5. The molecule has 8 nitrogen and oxygen atoms in total. The van der Waals surface area contributed by atoms with E-state index in [1.165, 1.54) is 0 Å². The van der Waals surface area contributed by atoms with Crippen LogP contribution in [0.3, 0.4) is 0 Å². The molecule has 4 heterocycles. The van der Waals surface area contributed by atoms with Crippen LogP contribution in [-0.2, 0) is 19.3 Å². The number of anilines is 1. The Balaban J connectivity index is 1.30. The molecule has 0 aliphatic carbocycles. The largest absolute Gasteiger partial charge is 0.473 e. The number of piperidine rings is 1. The molecule has 184 valence electrons. The van der Waals surface area contributed by atoms with Gasteiger partial charge in [-0.3, -0.25) is 4.57 Å². The number of fused-ring (bicyclic) bond motifs is 4. The number of benzene rings is 1. The van der Waals surface area contributed by atoms with Crippen LogP contribution in [0.4, 0.5) is 27.8 Å². The maximum absolute atomic E-state index is 14.5. The summed E-state index contributed by atoms with van der Waals surface area (Å²) in [5.74, 6) is -3.69. The van der Waals surface area contributed by atoms with Crippen LogP contribution in [0.2, 0.25) is 0 Å². The molecule has 0 saturated carbocycles. The summed E-state index contributed by atoms with van der Waals surface area (Å²) in [5, 5.41) is 0. The average molecular weight is 495 g/mol. The van der Waals surface area contributed by atoms with Gasteiger partial charge in [-0.15, -0.1) is 0 Å². The predicted molar refractivity (Wildman–Crippen MR) is 111 cm³/mol. The lowest BCUT2D eigenvalue weighted by Gasteiger charge is -2.40. The molecular formula is C22H18F5N5O3. The molecule has 0 radical (unpaired) electrons. The van der Waals surface area contributed by atoms with E-state index in [9.17, 15) is 26.7 Å². The van der Waals surface area contributed by atoms with Crippen molar-refractivity contribution in [2.75, 3.05) is 18.0 Å². The maximum Gasteiger partial charge on any atom is 0.451 e. The van der Waals surface area contributed by atoms with Crippen molar-refractivity contribution in [2.24, 2.45) is 5.92 Å². The fraction of sp³-hybridized carbons (Fsp3) is 0.364. The van der Waals surface area contributed by atoms with Crippen molar-refractivity contribution in [1.29, 1.82) is 0 Å². The number of halogens is 5. The Morgan fingerprint density at radius 3 is 2.46 bits per heavy atom. The zero-order chi connectivity index (χ0) is 24.7. The molecule has 1 fully saturated rings. The Bertz CT molecular complexity index is 1290. The van der Waals surface area contributed by atoms with Crippen LogP contribution >= 0.6 is 0 Å². The number of aromatic nitrogens is 4. The molecule has 2 aliphatic rings. The van der Waals surface area contributed by atoms with Gasteiger partial charge < -0.3 is 14.4 Å². The molecule has 35 heavy (non-hydrogen) atoms. The van der Waals surface area contributed by atoms with Gasteiger partial charge in [-0.25, -0.2) is 23.5 Å². The minimum Gasteiger partial charge on any atom is -0.473 e. The standard InChI is InChI=1S/C22H18F5N5O3/c23-15-4-13(5-16(24)19(15)35-14-7-28-20(29-8-14)22(25,26)27)11-34-17-6-18-31-3-1-2-12(9-31)10-32(18)21(33)30-17/h4-8,12H,1-3,9-11H2. The Hall–Kier alpha value is -3.77. The number of hydrogen-bond donors (Lipinski definition) is 0. The molecule has 1 atom stereocenters. The van der Waals surface area contributed by atoms with Crippen LogP contribution in [0.5, 0.6) is 17.4 Å². The molecule has 1 unspecified atom stereocenters. The van der Waals surface area contributed by atoms with Crippen molar-refractivity contribution in [3.63, 3.8) is 0 Å². The van der Waals surface area contributed by atoms with Gasteiger partial charge >= 0.3 is 11.9 Å². The van der Waals surface area contributed by atoms with Crippen LogP contribution < -0.4 is 20.1 Å². The summed E-state index contributed by atoms with van der Waals surface area (Å²) in [5.41, 5.74) is -0.359. The fourth-order valence-electron chi connectivity index (χ4n) is 4.24. The predicted octanol–water partition coefficient (Wildman–Crippen LogP) is 3.93. The number of ether oxygens (including phenoxy) is 2. The summed E-state index contributed by atoms with van der Waals surface area (Å²) >= 11 is 0. The first-order valence-electron chi connectivity index (χ1n) is 10.7. The van der Waals surface area contributed by atoms with Gasteiger partial charge in [-0.1, -0.05) is 0 Å². The van der Waals surface area contributed by atoms with Crippen molar-refractivity contribution < 1.29 is 31.4 Å². The first kappa shape index (κ1) is 23.0. The van der Waals surface area contributed by atoms with E-state index in [4.69, 9.17) is 9.47 Å². The van der Waals surface area contributed by atoms with Crippen molar-refractivity contribution in [3.05, 3.63) is 64.1 Å². The van der Waals surface area contributed by atoms with E-state index in [-0.39, 0.29) is 23.8 Å². The minimum atomic E-state index is -4.76. The van der Waals surface area contributed by atoms with Crippen molar-refractivity contribution in [2.45, 2.75) is 32.2 Å². The SMILES string of the molecule is O=c1nc(OCc2cc(F)c(Oc3cnc(C(F)(F)F)nc3)c(F)c2)cc2n1CC1CCCN2C1. The summed E-state index contributed by atoms with van der Waals surface area (Å²) in [7, 11) is 0. The molecule has 3 aromatic rings. The quantitative estimate of drug-likeness (QED) is 0.496. The third-order valence-corrected chi connectivity index (χ3v) is 5.80. The second kappa shape index (κ2) is 8.78. The van der Waals surface area contributed by atoms with Crippen LogP contribution in [0.25, 0.3) is 0 Å². The zero-order valence-corrected chi connectivity index (χ0v) is 18.1. The monoisotopic (exact) mass is 495 g/mol. The van der Waals surface area contributed by atoms with Gasteiger partial charge in [0.2, 0.25) is 11.7 Å². The Kier molecular flexibility index (Phi) is 5.77. The third-order valence-electron chi connectivity index (χ3n) is 5.80. The highest BCUT2D eigenvalue weighted by Gasteiger charge is 2.34. The lowest BCUT2D eigenvalue weighted by molar-refractivity contribution is -0.145. The smallest absolute Gasteiger partial charge is 0.451 e. The van der Waals surface area contributed by atoms with Crippen molar-refractivity contribution in [1.82, 2.24) is 19.5 Å². The van der Waals surface area contributed by atoms with Crippen LogP contribution in [0, 0.1) is 17.6 Å². The molecule has 0 N–H and O–H groups in total. The summed E-state index contributed by atoms with van der Waals surface area (Å²) in [6.45, 7) is 1.99. The lowest BCUT2D eigenvalue weighted by atomic mass is 9.96. The summed E-state index contributed by atoms with van der Waals surface area (Å²) in [6, 6.07) is 3.53. The van der Waals surface area contributed by atoms with Gasteiger partial charge in [-0.05, 0) is 36.5 Å². The Labute approximate surface area is 195 Å². The van der Waals surface area contributed by atoms with E-state index in [0.29, 0.717) is 30.7 Å². The van der Waals surface area contributed by atoms with E-state index < -0.39 is 35.1 Å². The fourth-order valence-corrected chi connectivity index (χ4v) is 4.24. The van der Waals surface area contributed by atoms with E-state index in [1.54, 1.807) is 10.6 Å². The van der Waals surface area contributed by atoms with Gasteiger partial charge in [0.05, 0.1) is 12.4 Å². The average Bonchev–Trinajstić information content (AvgIpc) is 2.81. The molecule has 2 bridgehead atoms. The second-order valence-electron chi connectivity index (χ2n) is 8.32. The molecule has 1 aromatic carbocycles. The molecular weight excluding hydrogens is 477 g/mol. The molecule has 2 aromatic heterocycles. The lowest BCUT2D eigenvalue weighted by Crippen LogP contribution is -2.46. The highest BCUT2D eigenvalue weighted by molar-refractivity contribution is 5.44. The minimum absolute atomic E-state index is 0.0355. The molecule has 13 heteroatoms. The zero-order valence-electron chi connectivity index (χ0n) is 18.1. The molecule has 2 aliphatic heterocycles. The second-order valence-corrected chi connectivity index (χ2v) is 8.32. The molecule has 5 rings (SSSR count). The third kappa shape index (κ3) is 4.75. The summed E-state index contributed by atoms with van der Waals surface area (Å²) in [6.07, 6.45) is -1.34. The number of alkyl halides is 3. The topological polar surface area (TPSA) is 82.4 Å². The van der Waals surface area contributed by atoms with Crippen molar-refractivity contribution in [3.8, 4) is 17.4 Å². The summed E-state index contributed by atoms with van der Waals surface area (Å²) < 4.78 is 78.8. The maximum atomic E-state index is 14.5. The highest BCUT2D eigenvalue weighted by Crippen LogP contribution is 2.32. The van der Waals surface area contributed by atoms with Crippen LogP contribution in [-0.4, -0.2) is 32.6 Å². The molecule has 0 amide bonds. The van der Waals surface area contributed by atoms with Gasteiger partial charge in [0.25, 0.3) is 0 Å². The normalized spacial score (nSPS) is 17.2. The summed E-state index contributed by atoms with van der Waals surface area (Å²) in [4.78, 5) is 24.6. The van der Waals surface area contributed by atoms with Crippen LogP contribution in [0.1, 0.15) is 24.2 Å². The van der Waals surface area contributed by atoms with E-state index in [2.05, 4.69) is 19.9 Å². The first-order chi connectivity index (χ1) is 16.7. The van der Waals surface area contributed by atoms with E-state index in [1.807, 2.05) is 0 Å². The van der Waals surface area contributed by atoms with Crippen molar-refractivity contribution >= 4 is 5.82 Å². The van der Waals surface area contributed by atoms with Gasteiger partial charge in [-0.2, -0.15) is 18.2 Å². The number of hydrogen-bond acceptors (Lipinski definition) is 7. The van der Waals surface area contributed by atoms with E-state index >= 15 is 0 Å². The van der Waals surface area contributed by atoms with Crippen LogP contribution in [0.15, 0.2) is 35.4 Å². The van der Waals surface area contributed by atoms with E-state index in [0.717, 1.165) is 38.1 Å². The Morgan fingerprint density at radius 2 is 1.77 bits per heavy atom. The molecule has 1 saturated heterocycles. The molecule has 0 spiro atoms. The Morgan fingerprint density at radius 1 is 1.06 bits per heavy atom. The number of nitrogens with zero attached hydrogens (tertiary/aromatic N) is 5. The van der Waals surface area contributed by atoms with Gasteiger partial charge in [0, 0.05) is 25.7 Å². The van der Waals surface area contributed by atoms with Gasteiger partial charge in [0.1, 0.15) is 12.4 Å². The highest BCUT2D eigenvalue weighted by atomic mass is 19.4. The first-order valence-corrected chi connectivity index (χ1v) is 10.7. The van der Waals surface area contributed by atoms with Gasteiger partial charge in [0.15, 0.2) is 23.1 Å².